The van der Waals surface area contributed by atoms with Gasteiger partial charge in [0.05, 0.1) is 12.5 Å². The Bertz CT molecular complexity index is 2230. The quantitative estimate of drug-likeness (QED) is 0.0266. The number of amides is 7. The lowest BCUT2D eigenvalue weighted by molar-refractivity contribution is -0.145. The van der Waals surface area contributed by atoms with Crippen LogP contribution in [0.3, 0.4) is 0 Å². The number of benzene rings is 2. The van der Waals surface area contributed by atoms with Gasteiger partial charge in [-0.15, -0.1) is 0 Å². The van der Waals surface area contributed by atoms with Crippen LogP contribution in [0.25, 0.3) is 0 Å². The number of likely N-dealkylation sites (tertiary alicyclic amines) is 1. The van der Waals surface area contributed by atoms with Gasteiger partial charge in [-0.05, 0) is 79.2 Å². The summed E-state index contributed by atoms with van der Waals surface area (Å²) in [5.74, 6) is -8.87. The van der Waals surface area contributed by atoms with Gasteiger partial charge in [-0.1, -0.05) is 76.6 Å². The standard InChI is InChI=1S/C49H73N11O12S/c1-6-28(4)40(46(69)55-34(20-23-73-5)47(70)60-22-11-15-37(60)44(67)57-36(48(71)72)25-29-12-8-7-9-13-29)59-43(66)35(24-30-16-18-31(61)19-17-30)56-45(68)39(27(2)3)58-42(65)33(14-10-21-53-49(51)52)54-41(64)32(50)26-38(62)63/h7-9,12-13,16-19,27-28,32-37,39-40,61H,6,10-11,14-15,20-26,50H2,1-5H3,(H,54,64)(H,55,69)(H,56,68)(H,57,67)(H,58,65)(H,59,66)(H,62,63)(H,71,72)(H4,51,52,53)/t28-,32-,33-,34-,35-,36-,37-,39-,40-/m0/s1. The third kappa shape index (κ3) is 19.9. The molecule has 1 saturated heterocycles. The molecular formula is C49H73N11O12S. The van der Waals surface area contributed by atoms with Gasteiger partial charge in [0.25, 0.3) is 0 Å². The van der Waals surface area contributed by atoms with E-state index in [0.29, 0.717) is 29.7 Å². The van der Waals surface area contributed by atoms with Gasteiger partial charge < -0.3 is 69.3 Å². The predicted octanol–water partition coefficient (Wildman–Crippen LogP) is -0.527. The molecule has 3 rings (SSSR count). The topological polar surface area (TPSA) is 380 Å². The number of aliphatic carboxylic acids is 2. The SMILES string of the molecule is CC[C@H](C)[C@H](NC(=O)[C@H](Cc1ccc(O)cc1)NC(=O)[C@@H](NC(=O)[C@H](CCCN=C(N)N)NC(=O)[C@@H](N)CC(=O)O)C(C)C)C(=O)N[C@@H](CCSC)C(=O)N1CCC[C@H]1C(=O)N[C@@H](Cc1ccccc1)C(=O)O. The fraction of sp³-hybridized carbons (Fsp3) is 0.551. The van der Waals surface area contributed by atoms with Gasteiger partial charge in [0.2, 0.25) is 41.4 Å². The molecule has 1 aliphatic rings. The van der Waals surface area contributed by atoms with Crippen LogP contribution in [0.2, 0.25) is 0 Å². The van der Waals surface area contributed by atoms with Crippen LogP contribution in [0, 0.1) is 11.8 Å². The second-order valence-electron chi connectivity index (χ2n) is 18.4. The number of rotatable bonds is 30. The minimum absolute atomic E-state index is 0.0196. The Morgan fingerprint density at radius 1 is 0.726 bits per heavy atom. The van der Waals surface area contributed by atoms with Crippen LogP contribution < -0.4 is 49.1 Å². The maximum atomic E-state index is 14.5. The number of nitrogens with two attached hydrogens (primary N) is 3. The number of phenols is 1. The third-order valence-electron chi connectivity index (χ3n) is 12.3. The summed E-state index contributed by atoms with van der Waals surface area (Å²) >= 11 is 1.42. The summed E-state index contributed by atoms with van der Waals surface area (Å²) in [5, 5.41) is 45.1. The number of hydrogen-bond acceptors (Lipinski definition) is 13. The normalized spacial score (nSPS) is 16.5. The molecule has 0 radical (unpaired) electrons. The van der Waals surface area contributed by atoms with Crippen LogP contribution >= 0.6 is 11.8 Å². The van der Waals surface area contributed by atoms with Gasteiger partial charge >= 0.3 is 11.9 Å². The van der Waals surface area contributed by atoms with E-state index in [1.54, 1.807) is 58.0 Å². The van der Waals surface area contributed by atoms with Crippen LogP contribution in [-0.4, -0.2) is 153 Å². The Kier molecular flexibility index (Phi) is 24.9. The Hall–Kier alpha value is -6.95. The molecule has 73 heavy (non-hydrogen) atoms. The largest absolute Gasteiger partial charge is 0.508 e. The van der Waals surface area contributed by atoms with Crippen molar-refractivity contribution >= 4 is 71.0 Å². The number of nitrogens with one attached hydrogen (secondary N) is 6. The van der Waals surface area contributed by atoms with Crippen molar-refractivity contribution in [3.63, 3.8) is 0 Å². The summed E-state index contributed by atoms with van der Waals surface area (Å²) in [6, 6.07) is 4.42. The highest BCUT2D eigenvalue weighted by molar-refractivity contribution is 7.98. The Morgan fingerprint density at radius 3 is 1.89 bits per heavy atom. The number of carboxylic acids is 2. The van der Waals surface area contributed by atoms with E-state index in [2.05, 4.69) is 36.9 Å². The number of guanidine groups is 1. The zero-order chi connectivity index (χ0) is 54.4. The molecule has 2 aromatic rings. The van der Waals surface area contributed by atoms with E-state index in [0.717, 1.165) is 0 Å². The predicted molar refractivity (Wildman–Crippen MR) is 273 cm³/mol. The van der Waals surface area contributed by atoms with Crippen molar-refractivity contribution in [1.82, 2.24) is 36.8 Å². The van der Waals surface area contributed by atoms with E-state index in [1.165, 1.54) is 40.9 Å². The molecule has 7 amide bonds. The Labute approximate surface area is 429 Å². The number of nitrogens with zero attached hydrogens (tertiary/aromatic N) is 2. The number of aliphatic imine (C=N–C) groups is 1. The number of carboxylic acid groups (broad SMARTS) is 2. The molecule has 0 saturated carbocycles. The maximum absolute atomic E-state index is 14.5. The van der Waals surface area contributed by atoms with Gasteiger partial charge in [-0.25, -0.2) is 4.79 Å². The number of carbonyl (C=O) groups is 9. The molecule has 0 aromatic heterocycles. The van der Waals surface area contributed by atoms with Gasteiger partial charge in [0.15, 0.2) is 5.96 Å². The summed E-state index contributed by atoms with van der Waals surface area (Å²) in [5.41, 5.74) is 17.8. The molecule has 23 nitrogen and oxygen atoms in total. The van der Waals surface area contributed by atoms with Gasteiger partial charge in [-0.3, -0.25) is 43.3 Å². The molecule has 24 heteroatoms. The van der Waals surface area contributed by atoms with Gasteiger partial charge in [0.1, 0.15) is 48.0 Å². The summed E-state index contributed by atoms with van der Waals surface area (Å²) in [6.07, 6.45) is 2.34. The fourth-order valence-electron chi connectivity index (χ4n) is 7.99. The number of thioether (sulfide) groups is 1. The lowest BCUT2D eigenvalue weighted by Crippen LogP contribution is -2.62. The van der Waals surface area contributed by atoms with E-state index in [-0.39, 0.29) is 63.3 Å². The summed E-state index contributed by atoms with van der Waals surface area (Å²) in [4.78, 5) is 127. The van der Waals surface area contributed by atoms with E-state index >= 15 is 0 Å². The maximum Gasteiger partial charge on any atom is 0.326 e. The molecular weight excluding hydrogens is 967 g/mol. The lowest BCUT2D eigenvalue weighted by Gasteiger charge is -2.32. The molecule has 0 bridgehead atoms. The molecule has 15 N–H and O–H groups in total. The monoisotopic (exact) mass is 1040 g/mol. The van der Waals surface area contributed by atoms with Crippen molar-refractivity contribution in [2.24, 2.45) is 34.0 Å². The zero-order valence-electron chi connectivity index (χ0n) is 42.0. The molecule has 1 heterocycles. The van der Waals surface area contributed by atoms with Gasteiger partial charge in [0, 0.05) is 25.9 Å². The van der Waals surface area contributed by atoms with Crippen LogP contribution in [0.4, 0.5) is 0 Å². The highest BCUT2D eigenvalue weighted by atomic mass is 32.2. The number of carbonyl (C=O) groups excluding carboxylic acids is 7. The molecule has 0 spiro atoms. The van der Waals surface area contributed by atoms with Crippen molar-refractivity contribution in [2.75, 3.05) is 25.1 Å². The molecule has 1 aliphatic heterocycles. The minimum atomic E-state index is -1.50. The van der Waals surface area contributed by atoms with Crippen LogP contribution in [0.5, 0.6) is 5.75 Å². The van der Waals surface area contributed by atoms with Crippen molar-refractivity contribution in [1.29, 1.82) is 0 Å². The smallest absolute Gasteiger partial charge is 0.326 e. The summed E-state index contributed by atoms with van der Waals surface area (Å²) in [6.45, 7) is 7.02. The first-order valence-corrected chi connectivity index (χ1v) is 25.6. The molecule has 2 aromatic carbocycles. The second kappa shape index (κ2) is 30.2. The Morgan fingerprint density at radius 2 is 1.30 bits per heavy atom. The fourth-order valence-corrected chi connectivity index (χ4v) is 8.46. The van der Waals surface area contributed by atoms with Crippen molar-refractivity contribution < 1.29 is 58.5 Å². The first-order chi connectivity index (χ1) is 34.6. The zero-order valence-corrected chi connectivity index (χ0v) is 42.8. The average molecular weight is 1040 g/mol. The number of phenolic OH excluding ortho intramolecular Hbond substituents is 1. The first-order valence-electron chi connectivity index (χ1n) is 24.3. The summed E-state index contributed by atoms with van der Waals surface area (Å²) in [7, 11) is 0. The van der Waals surface area contributed by atoms with Crippen molar-refractivity contribution in [3.05, 3.63) is 65.7 Å². The highest BCUT2D eigenvalue weighted by Gasteiger charge is 2.41. The Balaban J connectivity index is 1.89. The highest BCUT2D eigenvalue weighted by Crippen LogP contribution is 2.22. The van der Waals surface area contributed by atoms with Crippen LogP contribution in [0.1, 0.15) is 83.8 Å². The van der Waals surface area contributed by atoms with Crippen LogP contribution in [-0.2, 0) is 56.0 Å². The lowest BCUT2D eigenvalue weighted by atomic mass is 9.96. The summed E-state index contributed by atoms with van der Waals surface area (Å²) < 4.78 is 0. The van der Waals surface area contributed by atoms with E-state index < -0.39 is 120 Å². The van der Waals surface area contributed by atoms with Crippen molar-refractivity contribution in [3.8, 4) is 5.75 Å². The van der Waals surface area contributed by atoms with E-state index in [1.807, 2.05) is 6.26 Å². The minimum Gasteiger partial charge on any atom is -0.508 e. The van der Waals surface area contributed by atoms with Gasteiger partial charge in [-0.2, -0.15) is 11.8 Å². The van der Waals surface area contributed by atoms with E-state index in [9.17, 15) is 53.4 Å². The molecule has 0 unspecified atom stereocenters. The van der Waals surface area contributed by atoms with Crippen LogP contribution in [0.15, 0.2) is 59.6 Å². The third-order valence-corrected chi connectivity index (χ3v) is 13.0. The number of aromatic hydroxyl groups is 1. The molecule has 1 fully saturated rings. The van der Waals surface area contributed by atoms with Crippen molar-refractivity contribution in [2.45, 2.75) is 134 Å². The number of hydrogen-bond donors (Lipinski definition) is 12. The first kappa shape index (κ1) is 60.4. The molecule has 9 atom stereocenters. The second-order valence-corrected chi connectivity index (χ2v) is 19.4. The molecule has 0 aliphatic carbocycles. The molecule has 402 valence electrons. The van der Waals surface area contributed by atoms with E-state index in [4.69, 9.17) is 22.3 Å². The average Bonchev–Trinajstić information content (AvgIpc) is 3.84.